The lowest BCUT2D eigenvalue weighted by molar-refractivity contribution is -0.0499. The molecule has 2 aromatic carbocycles. The van der Waals surface area contributed by atoms with Crippen molar-refractivity contribution in [2.45, 2.75) is 31.9 Å². The highest BCUT2D eigenvalue weighted by Crippen LogP contribution is 2.33. The molecule has 1 aliphatic rings. The van der Waals surface area contributed by atoms with Gasteiger partial charge in [0.15, 0.2) is 17.5 Å². The van der Waals surface area contributed by atoms with Crippen LogP contribution >= 0.6 is 0 Å². The molecule has 1 N–H and O–H groups in total. The first-order valence-corrected chi connectivity index (χ1v) is 7.88. The van der Waals surface area contributed by atoms with Crippen LogP contribution in [0.5, 0.6) is 5.75 Å². The largest absolute Gasteiger partial charge is 0.435 e. The first-order valence-electron chi connectivity index (χ1n) is 7.88. The third-order valence-electron chi connectivity index (χ3n) is 4.21. The fourth-order valence-corrected chi connectivity index (χ4v) is 3.04. The van der Waals surface area contributed by atoms with E-state index < -0.39 is 36.0 Å². The predicted octanol–water partition coefficient (Wildman–Crippen LogP) is 4.51. The predicted molar refractivity (Wildman–Crippen MR) is 82.5 cm³/mol. The molecule has 0 fully saturated rings. The van der Waals surface area contributed by atoms with Crippen LogP contribution in [-0.4, -0.2) is 12.5 Å². The zero-order valence-corrected chi connectivity index (χ0v) is 13.4. The Kier molecular flexibility index (Phi) is 5.11. The Morgan fingerprint density at radius 3 is 2.46 bits per heavy atom. The molecule has 0 heterocycles. The van der Waals surface area contributed by atoms with E-state index in [0.717, 1.165) is 5.56 Å². The van der Waals surface area contributed by atoms with E-state index in [0.29, 0.717) is 37.0 Å². The summed E-state index contributed by atoms with van der Waals surface area (Å²) in [5, 5.41) is 2.64. The van der Waals surface area contributed by atoms with Gasteiger partial charge < -0.3 is 10.1 Å². The zero-order valence-electron chi connectivity index (χ0n) is 13.4. The number of nitrogens with one attached hydrogen (secondary N) is 1. The van der Waals surface area contributed by atoms with Gasteiger partial charge in [-0.25, -0.2) is 13.2 Å². The zero-order chi connectivity index (χ0) is 18.8. The van der Waals surface area contributed by atoms with Crippen molar-refractivity contribution in [1.82, 2.24) is 5.32 Å². The Bertz CT molecular complexity index is 817. The number of alkyl halides is 2. The molecule has 1 amide bonds. The van der Waals surface area contributed by atoms with Gasteiger partial charge in [-0.15, -0.1) is 0 Å². The second-order valence-electron chi connectivity index (χ2n) is 5.91. The fourth-order valence-electron chi connectivity index (χ4n) is 3.04. The number of amides is 1. The first-order chi connectivity index (χ1) is 12.3. The number of rotatable bonds is 4. The van der Waals surface area contributed by atoms with E-state index in [1.807, 2.05) is 0 Å². The summed E-state index contributed by atoms with van der Waals surface area (Å²) in [6, 6.07) is 5.21. The number of carbonyl (C=O) groups excluding carboxylic acids is 1. The van der Waals surface area contributed by atoms with Crippen LogP contribution in [0, 0.1) is 17.5 Å². The highest BCUT2D eigenvalue weighted by Gasteiger charge is 2.24. The summed E-state index contributed by atoms with van der Waals surface area (Å²) in [7, 11) is 0. The Balaban J connectivity index is 1.80. The molecule has 0 saturated heterocycles. The van der Waals surface area contributed by atoms with Gasteiger partial charge in [-0.3, -0.25) is 4.79 Å². The maximum Gasteiger partial charge on any atom is 0.387 e. The van der Waals surface area contributed by atoms with Crippen molar-refractivity contribution in [2.24, 2.45) is 0 Å². The molecule has 0 spiro atoms. The number of halogens is 5. The van der Waals surface area contributed by atoms with Crippen molar-refractivity contribution in [3.05, 3.63) is 64.5 Å². The maximum atomic E-state index is 13.3. The van der Waals surface area contributed by atoms with Crippen molar-refractivity contribution >= 4 is 5.91 Å². The number of hydrogen-bond donors (Lipinski definition) is 1. The molecule has 138 valence electrons. The van der Waals surface area contributed by atoms with E-state index >= 15 is 0 Å². The summed E-state index contributed by atoms with van der Waals surface area (Å²) < 4.78 is 68.6. The lowest BCUT2D eigenvalue weighted by Crippen LogP contribution is -2.31. The van der Waals surface area contributed by atoms with Crippen LogP contribution in [0.4, 0.5) is 22.0 Å². The van der Waals surface area contributed by atoms with E-state index in [4.69, 9.17) is 0 Å². The van der Waals surface area contributed by atoms with Gasteiger partial charge in [-0.2, -0.15) is 8.78 Å². The number of aryl methyl sites for hydroxylation is 1. The van der Waals surface area contributed by atoms with Crippen LogP contribution in [0.1, 0.15) is 40.4 Å². The Morgan fingerprint density at radius 2 is 1.81 bits per heavy atom. The monoisotopic (exact) mass is 371 g/mol. The Labute approximate surface area is 145 Å². The average Bonchev–Trinajstić information content (AvgIpc) is 2.58. The molecular formula is C18H14F5NO2. The van der Waals surface area contributed by atoms with E-state index in [1.165, 1.54) is 12.1 Å². The van der Waals surface area contributed by atoms with Crippen molar-refractivity contribution in [3.63, 3.8) is 0 Å². The quantitative estimate of drug-likeness (QED) is 0.634. The van der Waals surface area contributed by atoms with E-state index in [-0.39, 0.29) is 11.3 Å². The lowest BCUT2D eigenvalue weighted by atomic mass is 9.87. The molecule has 2 aromatic rings. The molecule has 0 saturated carbocycles. The molecule has 26 heavy (non-hydrogen) atoms. The number of ether oxygens (including phenoxy) is 1. The smallest absolute Gasteiger partial charge is 0.387 e. The lowest BCUT2D eigenvalue weighted by Gasteiger charge is -2.27. The van der Waals surface area contributed by atoms with Gasteiger partial charge in [-0.05, 0) is 54.7 Å². The minimum absolute atomic E-state index is 0.0217. The van der Waals surface area contributed by atoms with Crippen molar-refractivity contribution in [1.29, 1.82) is 0 Å². The van der Waals surface area contributed by atoms with Crippen molar-refractivity contribution in [2.75, 3.05) is 0 Å². The third kappa shape index (κ3) is 3.79. The second kappa shape index (κ2) is 7.31. The second-order valence-corrected chi connectivity index (χ2v) is 5.91. The summed E-state index contributed by atoms with van der Waals surface area (Å²) in [5.74, 6) is -5.28. The number of fused-ring (bicyclic) bond motifs is 1. The number of carbonyl (C=O) groups is 1. The Morgan fingerprint density at radius 1 is 1.12 bits per heavy atom. The molecule has 0 aromatic heterocycles. The van der Waals surface area contributed by atoms with E-state index in [2.05, 4.69) is 10.1 Å². The standard InChI is InChI=1S/C18H14F5NO2/c19-13-7-10(8-14(20)16(13)21)17(25)24-15-3-1-2-9-6-11(26-18(22)23)4-5-12(9)15/h4-8,15,18H,1-3H2,(H,24,25). The molecule has 1 atom stereocenters. The molecule has 0 radical (unpaired) electrons. The van der Waals surface area contributed by atoms with E-state index in [9.17, 15) is 26.7 Å². The molecule has 3 nitrogen and oxygen atoms in total. The summed E-state index contributed by atoms with van der Waals surface area (Å²) >= 11 is 0. The fraction of sp³-hybridized carbons (Fsp3) is 0.278. The van der Waals surface area contributed by atoms with Gasteiger partial charge in [0.2, 0.25) is 0 Å². The highest BCUT2D eigenvalue weighted by atomic mass is 19.3. The van der Waals surface area contributed by atoms with Gasteiger partial charge in [0.05, 0.1) is 6.04 Å². The summed E-state index contributed by atoms with van der Waals surface area (Å²) in [4.78, 5) is 12.3. The van der Waals surface area contributed by atoms with Crippen LogP contribution in [0.2, 0.25) is 0 Å². The molecule has 1 aliphatic carbocycles. The average molecular weight is 371 g/mol. The molecular weight excluding hydrogens is 357 g/mol. The first kappa shape index (κ1) is 18.2. The summed E-state index contributed by atoms with van der Waals surface area (Å²) in [6.07, 6.45) is 1.88. The van der Waals surface area contributed by atoms with Crippen molar-refractivity contribution < 1.29 is 31.5 Å². The molecule has 0 bridgehead atoms. The minimum Gasteiger partial charge on any atom is -0.435 e. The number of benzene rings is 2. The summed E-state index contributed by atoms with van der Waals surface area (Å²) in [6.45, 7) is -2.93. The molecule has 1 unspecified atom stereocenters. The molecule has 8 heteroatoms. The van der Waals surface area contributed by atoms with Crippen LogP contribution < -0.4 is 10.1 Å². The van der Waals surface area contributed by atoms with E-state index in [1.54, 1.807) is 6.07 Å². The number of hydrogen-bond acceptors (Lipinski definition) is 2. The van der Waals surface area contributed by atoms with Crippen LogP contribution in [-0.2, 0) is 6.42 Å². The van der Waals surface area contributed by atoms with Crippen LogP contribution in [0.3, 0.4) is 0 Å². The highest BCUT2D eigenvalue weighted by molar-refractivity contribution is 5.94. The Hall–Kier alpha value is -2.64. The SMILES string of the molecule is O=C(NC1CCCc2cc(OC(F)F)ccc21)c1cc(F)c(F)c(F)c1. The third-order valence-corrected chi connectivity index (χ3v) is 4.21. The van der Waals surface area contributed by atoms with Gasteiger partial charge in [0, 0.05) is 5.56 Å². The molecule has 0 aliphatic heterocycles. The van der Waals surface area contributed by atoms with Gasteiger partial charge in [0.25, 0.3) is 5.91 Å². The van der Waals surface area contributed by atoms with Gasteiger partial charge in [-0.1, -0.05) is 6.07 Å². The normalized spacial score (nSPS) is 16.3. The van der Waals surface area contributed by atoms with Crippen LogP contribution in [0.15, 0.2) is 30.3 Å². The van der Waals surface area contributed by atoms with Crippen LogP contribution in [0.25, 0.3) is 0 Å². The topological polar surface area (TPSA) is 38.3 Å². The van der Waals surface area contributed by atoms with Gasteiger partial charge >= 0.3 is 6.61 Å². The van der Waals surface area contributed by atoms with Gasteiger partial charge in [0.1, 0.15) is 5.75 Å². The summed E-state index contributed by atoms with van der Waals surface area (Å²) in [5.41, 5.74) is 1.12. The maximum absolute atomic E-state index is 13.3. The minimum atomic E-state index is -2.93. The molecule has 3 rings (SSSR count). The van der Waals surface area contributed by atoms with Crippen molar-refractivity contribution in [3.8, 4) is 5.75 Å².